The van der Waals surface area contributed by atoms with E-state index in [-0.39, 0.29) is 6.54 Å². The van der Waals surface area contributed by atoms with E-state index in [4.69, 9.17) is 5.73 Å². The molecule has 8 heteroatoms. The molecule has 0 fully saturated rings. The van der Waals surface area contributed by atoms with Gasteiger partial charge in [-0.25, -0.2) is 13.1 Å². The number of nitrogens with zero attached hydrogens (tertiary/aromatic N) is 1. The zero-order valence-corrected chi connectivity index (χ0v) is 13.7. The van der Waals surface area contributed by atoms with Gasteiger partial charge in [0.2, 0.25) is 10.0 Å². The number of guanidine groups is 1. The molecule has 0 aliphatic rings. The summed E-state index contributed by atoms with van der Waals surface area (Å²) in [5.74, 6) is 0.341. The molecule has 0 aliphatic carbocycles. The van der Waals surface area contributed by atoms with Gasteiger partial charge in [0.25, 0.3) is 0 Å². The van der Waals surface area contributed by atoms with Crippen LogP contribution in [-0.2, 0) is 10.0 Å². The van der Waals surface area contributed by atoms with Crippen molar-refractivity contribution in [3.05, 3.63) is 15.8 Å². The van der Waals surface area contributed by atoms with E-state index >= 15 is 0 Å². The highest BCUT2D eigenvalue weighted by atomic mass is 32.2. The molecule has 1 heterocycles. The fourth-order valence-electron chi connectivity index (χ4n) is 1.62. The SMILES string of the molecule is CCCN=C(N)NCCNS(=O)(=O)c1cc(C)sc1C. The van der Waals surface area contributed by atoms with Gasteiger partial charge in [-0.2, -0.15) is 0 Å². The second-order valence-corrected chi connectivity index (χ2v) is 7.56. The molecule has 0 atom stereocenters. The van der Waals surface area contributed by atoms with E-state index in [0.717, 1.165) is 16.2 Å². The number of nitrogens with two attached hydrogens (primary N) is 1. The Labute approximate surface area is 124 Å². The number of hydrogen-bond acceptors (Lipinski definition) is 4. The van der Waals surface area contributed by atoms with E-state index in [9.17, 15) is 8.42 Å². The molecule has 1 aromatic heterocycles. The molecule has 20 heavy (non-hydrogen) atoms. The maximum absolute atomic E-state index is 12.1. The molecule has 6 nitrogen and oxygen atoms in total. The lowest BCUT2D eigenvalue weighted by Gasteiger charge is -2.08. The minimum absolute atomic E-state index is 0.263. The minimum Gasteiger partial charge on any atom is -0.370 e. The quantitative estimate of drug-likeness (QED) is 0.396. The second kappa shape index (κ2) is 7.61. The molecule has 0 bridgehead atoms. The number of nitrogens with one attached hydrogen (secondary N) is 2. The molecule has 1 rings (SSSR count). The Morgan fingerprint density at radius 1 is 1.40 bits per heavy atom. The summed E-state index contributed by atoms with van der Waals surface area (Å²) in [4.78, 5) is 6.20. The van der Waals surface area contributed by atoms with Crippen LogP contribution in [-0.4, -0.2) is 34.0 Å². The van der Waals surface area contributed by atoms with Crippen molar-refractivity contribution < 1.29 is 8.42 Å². The average molecular weight is 318 g/mol. The van der Waals surface area contributed by atoms with Crippen LogP contribution < -0.4 is 15.8 Å². The van der Waals surface area contributed by atoms with Crippen molar-refractivity contribution in [2.45, 2.75) is 32.1 Å². The summed E-state index contributed by atoms with van der Waals surface area (Å²) < 4.78 is 26.7. The van der Waals surface area contributed by atoms with Gasteiger partial charge in [0, 0.05) is 29.4 Å². The molecule has 0 saturated heterocycles. The highest BCUT2D eigenvalue weighted by molar-refractivity contribution is 7.89. The van der Waals surface area contributed by atoms with Gasteiger partial charge in [0.1, 0.15) is 0 Å². The van der Waals surface area contributed by atoms with Gasteiger partial charge in [-0.15, -0.1) is 11.3 Å². The fourth-order valence-corrected chi connectivity index (χ4v) is 4.20. The van der Waals surface area contributed by atoms with Gasteiger partial charge in [0.15, 0.2) is 5.96 Å². The number of sulfonamides is 1. The molecule has 0 amide bonds. The molecule has 0 spiro atoms. The summed E-state index contributed by atoms with van der Waals surface area (Å²) in [6, 6.07) is 1.69. The maximum Gasteiger partial charge on any atom is 0.241 e. The Hall–Kier alpha value is -1.12. The van der Waals surface area contributed by atoms with E-state index in [0.29, 0.717) is 23.9 Å². The topological polar surface area (TPSA) is 96.6 Å². The van der Waals surface area contributed by atoms with Crippen LogP contribution in [0.4, 0.5) is 0 Å². The predicted octanol–water partition coefficient (Wildman–Crippen LogP) is 0.958. The summed E-state index contributed by atoms with van der Waals surface area (Å²) in [7, 11) is -3.45. The fraction of sp³-hybridized carbons (Fsp3) is 0.583. The normalized spacial score (nSPS) is 12.7. The Morgan fingerprint density at radius 3 is 2.65 bits per heavy atom. The lowest BCUT2D eigenvalue weighted by atomic mass is 10.4. The summed E-state index contributed by atoms with van der Waals surface area (Å²) >= 11 is 1.48. The standard InChI is InChI=1S/C12H22N4O2S2/c1-4-5-14-12(13)15-6-7-16-20(17,18)11-8-9(2)19-10(11)3/h8,16H,4-7H2,1-3H3,(H3,13,14,15). The first-order chi connectivity index (χ1) is 9.36. The minimum atomic E-state index is -3.45. The third-order valence-electron chi connectivity index (χ3n) is 2.51. The molecule has 114 valence electrons. The Balaban J connectivity index is 2.47. The third-order valence-corrected chi connectivity index (χ3v) is 5.20. The van der Waals surface area contributed by atoms with Crippen LogP contribution in [0.15, 0.2) is 16.0 Å². The van der Waals surface area contributed by atoms with Crippen molar-refractivity contribution in [3.8, 4) is 0 Å². The van der Waals surface area contributed by atoms with E-state index in [1.807, 2.05) is 13.8 Å². The first-order valence-corrected chi connectivity index (χ1v) is 8.77. The van der Waals surface area contributed by atoms with E-state index in [1.54, 1.807) is 13.0 Å². The van der Waals surface area contributed by atoms with Gasteiger partial charge in [-0.1, -0.05) is 6.92 Å². The smallest absolute Gasteiger partial charge is 0.241 e. The van der Waals surface area contributed by atoms with Gasteiger partial charge in [-0.05, 0) is 26.3 Å². The lowest BCUT2D eigenvalue weighted by Crippen LogP contribution is -2.38. The number of aryl methyl sites for hydroxylation is 2. The van der Waals surface area contributed by atoms with Gasteiger partial charge in [-0.3, -0.25) is 4.99 Å². The monoisotopic (exact) mass is 318 g/mol. The van der Waals surface area contributed by atoms with Crippen molar-refractivity contribution in [3.63, 3.8) is 0 Å². The number of rotatable bonds is 7. The van der Waals surface area contributed by atoms with E-state index in [2.05, 4.69) is 15.0 Å². The van der Waals surface area contributed by atoms with Crippen molar-refractivity contribution in [2.24, 2.45) is 10.7 Å². The zero-order chi connectivity index (χ0) is 15.2. The van der Waals surface area contributed by atoms with Crippen LogP contribution >= 0.6 is 11.3 Å². The summed E-state index contributed by atoms with van der Waals surface area (Å²) in [6.07, 6.45) is 0.922. The van der Waals surface area contributed by atoms with Crippen LogP contribution in [0.5, 0.6) is 0 Å². The molecule has 0 saturated carbocycles. The number of thiophene rings is 1. The van der Waals surface area contributed by atoms with Crippen LogP contribution in [0.3, 0.4) is 0 Å². The van der Waals surface area contributed by atoms with Crippen molar-refractivity contribution in [2.75, 3.05) is 19.6 Å². The predicted molar refractivity (Wildman–Crippen MR) is 83.8 cm³/mol. The van der Waals surface area contributed by atoms with E-state index < -0.39 is 10.0 Å². The zero-order valence-electron chi connectivity index (χ0n) is 12.1. The summed E-state index contributed by atoms with van der Waals surface area (Å²) in [6.45, 7) is 7.04. The van der Waals surface area contributed by atoms with Crippen molar-refractivity contribution >= 4 is 27.3 Å². The first kappa shape index (κ1) is 16.9. The van der Waals surface area contributed by atoms with Crippen molar-refractivity contribution in [1.29, 1.82) is 0 Å². The van der Waals surface area contributed by atoms with Gasteiger partial charge < -0.3 is 11.1 Å². The molecular formula is C12H22N4O2S2. The van der Waals surface area contributed by atoms with E-state index in [1.165, 1.54) is 11.3 Å². The molecular weight excluding hydrogens is 296 g/mol. The Morgan fingerprint density at radius 2 is 2.10 bits per heavy atom. The second-order valence-electron chi connectivity index (χ2n) is 4.37. The highest BCUT2D eigenvalue weighted by Crippen LogP contribution is 2.24. The average Bonchev–Trinajstić information content (AvgIpc) is 2.72. The molecule has 4 N–H and O–H groups in total. The Kier molecular flexibility index (Phi) is 6.44. The van der Waals surface area contributed by atoms with Crippen LogP contribution in [0, 0.1) is 13.8 Å². The van der Waals surface area contributed by atoms with Gasteiger partial charge >= 0.3 is 0 Å². The highest BCUT2D eigenvalue weighted by Gasteiger charge is 2.18. The summed E-state index contributed by atoms with van der Waals surface area (Å²) in [5.41, 5.74) is 5.61. The number of aliphatic imine (C=N–C) groups is 1. The molecule has 0 unspecified atom stereocenters. The molecule has 0 radical (unpaired) electrons. The lowest BCUT2D eigenvalue weighted by molar-refractivity contribution is 0.580. The largest absolute Gasteiger partial charge is 0.370 e. The van der Waals surface area contributed by atoms with Crippen molar-refractivity contribution in [1.82, 2.24) is 10.0 Å². The molecule has 0 aromatic carbocycles. The van der Waals surface area contributed by atoms with Gasteiger partial charge in [0.05, 0.1) is 4.90 Å². The number of hydrogen-bond donors (Lipinski definition) is 3. The van der Waals surface area contributed by atoms with Crippen LogP contribution in [0.2, 0.25) is 0 Å². The molecule has 1 aromatic rings. The third kappa shape index (κ3) is 5.10. The molecule has 0 aliphatic heterocycles. The summed E-state index contributed by atoms with van der Waals surface area (Å²) in [5, 5.41) is 2.86. The first-order valence-electron chi connectivity index (χ1n) is 6.47. The Bertz CT molecular complexity index is 564. The van der Waals surface area contributed by atoms with Crippen LogP contribution in [0.25, 0.3) is 0 Å². The van der Waals surface area contributed by atoms with Crippen LogP contribution in [0.1, 0.15) is 23.1 Å². The maximum atomic E-state index is 12.1.